The molecule has 1 saturated carbocycles. The molecular weight excluding hydrogens is 157 g/mol. The van der Waals surface area contributed by atoms with Gasteiger partial charge in [0.25, 0.3) is 5.91 Å². The van der Waals surface area contributed by atoms with Crippen LogP contribution in [0.5, 0.6) is 0 Å². The summed E-state index contributed by atoms with van der Waals surface area (Å²) in [6, 6.07) is 0. The summed E-state index contributed by atoms with van der Waals surface area (Å²) in [7, 11) is 0. The van der Waals surface area contributed by atoms with Gasteiger partial charge in [-0.15, -0.1) is 0 Å². The van der Waals surface area contributed by atoms with Crippen molar-refractivity contribution in [2.75, 3.05) is 6.54 Å². The summed E-state index contributed by atoms with van der Waals surface area (Å²) in [6.45, 7) is 4.56. The number of halogens is 1. The number of nitrogens with one attached hydrogen (secondary N) is 1. The van der Waals surface area contributed by atoms with Crippen molar-refractivity contribution in [1.29, 1.82) is 0 Å². The molecule has 0 atom stereocenters. The van der Waals surface area contributed by atoms with E-state index in [1.165, 1.54) is 0 Å². The monoisotopic (exact) mass is 173 g/mol. The molecule has 1 amide bonds. The molecule has 1 rings (SSSR count). The zero-order valence-corrected chi connectivity index (χ0v) is 7.69. The first-order valence-corrected chi connectivity index (χ1v) is 4.52. The van der Waals surface area contributed by atoms with Crippen LogP contribution in [-0.2, 0) is 4.79 Å². The van der Waals surface area contributed by atoms with Crippen LogP contribution in [0, 0.1) is 5.92 Å². The summed E-state index contributed by atoms with van der Waals surface area (Å²) in [5.74, 6) is -0.0277. The molecule has 0 saturated heterocycles. The predicted octanol–water partition coefficient (Wildman–Crippen LogP) is 1.65. The largest absolute Gasteiger partial charge is 0.353 e. The van der Waals surface area contributed by atoms with Crippen LogP contribution in [0.25, 0.3) is 0 Å². The molecule has 2 nitrogen and oxygen atoms in total. The second-order valence-electron chi connectivity index (χ2n) is 3.92. The topological polar surface area (TPSA) is 29.1 Å². The van der Waals surface area contributed by atoms with Crippen LogP contribution in [0.15, 0.2) is 0 Å². The molecule has 12 heavy (non-hydrogen) atoms. The molecule has 0 radical (unpaired) electrons. The second-order valence-corrected chi connectivity index (χ2v) is 3.92. The molecule has 0 unspecified atom stereocenters. The lowest BCUT2D eigenvalue weighted by atomic mass is 9.81. The zero-order valence-electron chi connectivity index (χ0n) is 7.69. The number of carbonyl (C=O) groups is 1. The Morgan fingerprint density at radius 1 is 1.58 bits per heavy atom. The molecule has 0 bridgehead atoms. The van der Waals surface area contributed by atoms with E-state index in [0.717, 1.165) is 6.42 Å². The molecule has 70 valence electrons. The van der Waals surface area contributed by atoms with Gasteiger partial charge in [0.05, 0.1) is 0 Å². The van der Waals surface area contributed by atoms with Crippen molar-refractivity contribution < 1.29 is 9.18 Å². The molecular formula is C9H16FNO. The first-order chi connectivity index (χ1) is 5.54. The van der Waals surface area contributed by atoms with E-state index in [1.807, 2.05) is 13.8 Å². The van der Waals surface area contributed by atoms with Gasteiger partial charge in [-0.25, -0.2) is 4.39 Å². The summed E-state index contributed by atoms with van der Waals surface area (Å²) < 4.78 is 13.3. The van der Waals surface area contributed by atoms with Gasteiger partial charge in [-0.3, -0.25) is 4.79 Å². The molecule has 0 aromatic carbocycles. The van der Waals surface area contributed by atoms with Crippen LogP contribution < -0.4 is 5.32 Å². The molecule has 0 spiro atoms. The van der Waals surface area contributed by atoms with Gasteiger partial charge in [-0.05, 0) is 25.2 Å². The maximum atomic E-state index is 13.3. The van der Waals surface area contributed by atoms with E-state index in [0.29, 0.717) is 25.3 Å². The van der Waals surface area contributed by atoms with Crippen molar-refractivity contribution in [2.45, 2.75) is 38.8 Å². The SMILES string of the molecule is CC(C)CNC(=O)C1(F)CCC1. The van der Waals surface area contributed by atoms with Crippen molar-refractivity contribution in [3.05, 3.63) is 0 Å². The maximum absolute atomic E-state index is 13.3. The van der Waals surface area contributed by atoms with Gasteiger partial charge in [-0.2, -0.15) is 0 Å². The van der Waals surface area contributed by atoms with Gasteiger partial charge in [0.2, 0.25) is 0 Å². The van der Waals surface area contributed by atoms with Crippen molar-refractivity contribution >= 4 is 5.91 Å². The van der Waals surface area contributed by atoms with Crippen LogP contribution in [0.4, 0.5) is 4.39 Å². The van der Waals surface area contributed by atoms with E-state index in [1.54, 1.807) is 0 Å². The summed E-state index contributed by atoms with van der Waals surface area (Å²) >= 11 is 0. The van der Waals surface area contributed by atoms with Crippen LogP contribution in [0.1, 0.15) is 33.1 Å². The number of hydrogen-bond acceptors (Lipinski definition) is 1. The summed E-state index contributed by atoms with van der Waals surface area (Å²) in [5.41, 5.74) is -1.53. The number of amides is 1. The number of alkyl halides is 1. The van der Waals surface area contributed by atoms with E-state index in [9.17, 15) is 9.18 Å². The van der Waals surface area contributed by atoms with E-state index < -0.39 is 11.6 Å². The Morgan fingerprint density at radius 3 is 2.50 bits per heavy atom. The highest BCUT2D eigenvalue weighted by atomic mass is 19.1. The maximum Gasteiger partial charge on any atom is 0.257 e. The lowest BCUT2D eigenvalue weighted by Crippen LogP contribution is -2.48. The first-order valence-electron chi connectivity index (χ1n) is 4.52. The minimum Gasteiger partial charge on any atom is -0.353 e. The van der Waals surface area contributed by atoms with Crippen molar-refractivity contribution in [3.63, 3.8) is 0 Å². The average molecular weight is 173 g/mol. The number of rotatable bonds is 3. The molecule has 0 aromatic rings. The molecule has 0 heterocycles. The Kier molecular flexibility index (Phi) is 2.70. The molecule has 3 heteroatoms. The third-order valence-corrected chi connectivity index (χ3v) is 2.22. The minimum absolute atomic E-state index is 0.387. The Labute approximate surface area is 72.5 Å². The van der Waals surface area contributed by atoms with Crippen molar-refractivity contribution in [2.24, 2.45) is 5.92 Å². The minimum atomic E-state index is -1.53. The van der Waals surface area contributed by atoms with Crippen LogP contribution in [-0.4, -0.2) is 18.1 Å². The normalized spacial score (nSPS) is 20.3. The Bertz CT molecular complexity index is 175. The molecule has 0 aromatic heterocycles. The fraction of sp³-hybridized carbons (Fsp3) is 0.889. The lowest BCUT2D eigenvalue weighted by molar-refractivity contribution is -0.138. The smallest absolute Gasteiger partial charge is 0.257 e. The number of carbonyl (C=O) groups excluding carboxylic acids is 1. The first kappa shape index (κ1) is 9.49. The summed E-state index contributed by atoms with van der Waals surface area (Å²) in [5, 5.41) is 2.61. The second kappa shape index (κ2) is 3.42. The van der Waals surface area contributed by atoms with E-state index >= 15 is 0 Å². The van der Waals surface area contributed by atoms with Crippen LogP contribution >= 0.6 is 0 Å². The van der Waals surface area contributed by atoms with E-state index in [-0.39, 0.29) is 0 Å². The Balaban J connectivity index is 2.28. The summed E-state index contributed by atoms with van der Waals surface area (Å²) in [6.07, 6.45) is 1.64. The standard InChI is InChI=1S/C9H16FNO/c1-7(2)6-11-8(12)9(10)4-3-5-9/h7H,3-6H2,1-2H3,(H,11,12). The molecule has 1 aliphatic carbocycles. The predicted molar refractivity (Wildman–Crippen MR) is 45.5 cm³/mol. The number of hydrogen-bond donors (Lipinski definition) is 1. The Hall–Kier alpha value is -0.600. The highest BCUT2D eigenvalue weighted by Crippen LogP contribution is 2.35. The van der Waals surface area contributed by atoms with Gasteiger partial charge in [0.1, 0.15) is 0 Å². The zero-order chi connectivity index (χ0) is 9.19. The van der Waals surface area contributed by atoms with Gasteiger partial charge < -0.3 is 5.32 Å². The van der Waals surface area contributed by atoms with Gasteiger partial charge >= 0.3 is 0 Å². The fourth-order valence-corrected chi connectivity index (χ4v) is 1.17. The lowest BCUT2D eigenvalue weighted by Gasteiger charge is -2.32. The van der Waals surface area contributed by atoms with Crippen LogP contribution in [0.3, 0.4) is 0 Å². The van der Waals surface area contributed by atoms with Crippen LogP contribution in [0.2, 0.25) is 0 Å². The Morgan fingerprint density at radius 2 is 2.17 bits per heavy atom. The van der Waals surface area contributed by atoms with E-state index in [2.05, 4.69) is 5.32 Å². The molecule has 1 N–H and O–H groups in total. The van der Waals surface area contributed by atoms with E-state index in [4.69, 9.17) is 0 Å². The highest BCUT2D eigenvalue weighted by molar-refractivity contribution is 5.85. The van der Waals surface area contributed by atoms with Gasteiger partial charge in [0, 0.05) is 6.54 Å². The average Bonchev–Trinajstić information content (AvgIpc) is 1.95. The van der Waals surface area contributed by atoms with Gasteiger partial charge in [-0.1, -0.05) is 13.8 Å². The molecule has 0 aliphatic heterocycles. The van der Waals surface area contributed by atoms with Crippen molar-refractivity contribution in [3.8, 4) is 0 Å². The third kappa shape index (κ3) is 1.96. The van der Waals surface area contributed by atoms with Crippen molar-refractivity contribution in [1.82, 2.24) is 5.32 Å². The molecule has 1 fully saturated rings. The highest BCUT2D eigenvalue weighted by Gasteiger charge is 2.44. The quantitative estimate of drug-likeness (QED) is 0.690. The fourth-order valence-electron chi connectivity index (χ4n) is 1.17. The third-order valence-electron chi connectivity index (χ3n) is 2.22. The molecule has 1 aliphatic rings. The summed E-state index contributed by atoms with van der Waals surface area (Å²) in [4.78, 5) is 11.2. The van der Waals surface area contributed by atoms with Gasteiger partial charge in [0.15, 0.2) is 5.67 Å².